The molecule has 2 atom stereocenters. The number of halogens is 2. The van der Waals surface area contributed by atoms with E-state index < -0.39 is 28.5 Å². The summed E-state index contributed by atoms with van der Waals surface area (Å²) in [6, 6.07) is 29.6. The zero-order chi connectivity index (χ0) is 31.7. The number of rotatable bonds is 13. The summed E-state index contributed by atoms with van der Waals surface area (Å²) in [4.78, 5) is 29.8. The molecule has 0 aliphatic heterocycles. The number of sulfonamides is 1. The first-order valence-corrected chi connectivity index (χ1v) is 16.5. The predicted octanol–water partition coefficient (Wildman–Crippen LogP) is 6.74. The normalized spacial score (nSPS) is 12.6. The third kappa shape index (κ3) is 8.40. The van der Waals surface area contributed by atoms with Gasteiger partial charge in [0.25, 0.3) is 10.0 Å². The van der Waals surface area contributed by atoms with Crippen molar-refractivity contribution in [3.63, 3.8) is 0 Å². The van der Waals surface area contributed by atoms with Gasteiger partial charge in [-0.3, -0.25) is 13.9 Å². The summed E-state index contributed by atoms with van der Waals surface area (Å²) in [5, 5.41) is 3.76. The SMILES string of the molecule is CC[C@H](C)NC(=O)[C@@H](Cc1ccccc1)N(Cc1ccccc1Cl)C(=O)CN(c1cccc(Cl)c1)S(=O)(=O)c1ccccc1. The Balaban J connectivity index is 1.81. The van der Waals surface area contributed by atoms with E-state index in [1.54, 1.807) is 60.7 Å². The summed E-state index contributed by atoms with van der Waals surface area (Å²) in [7, 11) is -4.21. The van der Waals surface area contributed by atoms with Crippen LogP contribution in [0.2, 0.25) is 10.0 Å². The van der Waals surface area contributed by atoms with Gasteiger partial charge in [0.2, 0.25) is 11.8 Å². The van der Waals surface area contributed by atoms with Crippen molar-refractivity contribution >= 4 is 50.7 Å². The Morgan fingerprint density at radius 3 is 2.11 bits per heavy atom. The molecule has 0 saturated heterocycles. The number of carbonyl (C=O) groups excluding carboxylic acids is 2. The van der Waals surface area contributed by atoms with Crippen LogP contribution in [0.25, 0.3) is 0 Å². The van der Waals surface area contributed by atoms with Crippen molar-refractivity contribution in [2.75, 3.05) is 10.8 Å². The van der Waals surface area contributed by atoms with Crippen molar-refractivity contribution in [2.45, 2.75) is 50.2 Å². The molecule has 0 spiro atoms. The van der Waals surface area contributed by atoms with Crippen molar-refractivity contribution in [1.29, 1.82) is 0 Å². The van der Waals surface area contributed by atoms with Gasteiger partial charge in [-0.15, -0.1) is 0 Å². The van der Waals surface area contributed by atoms with E-state index in [1.165, 1.54) is 23.1 Å². The average molecular weight is 653 g/mol. The van der Waals surface area contributed by atoms with E-state index in [9.17, 15) is 18.0 Å². The van der Waals surface area contributed by atoms with Gasteiger partial charge in [0.1, 0.15) is 12.6 Å². The quantitative estimate of drug-likeness (QED) is 0.173. The summed E-state index contributed by atoms with van der Waals surface area (Å²) >= 11 is 12.8. The monoisotopic (exact) mass is 651 g/mol. The van der Waals surface area contributed by atoms with E-state index in [4.69, 9.17) is 23.2 Å². The largest absolute Gasteiger partial charge is 0.352 e. The van der Waals surface area contributed by atoms with Gasteiger partial charge >= 0.3 is 0 Å². The Kier molecular flexibility index (Phi) is 11.4. The van der Waals surface area contributed by atoms with Crippen LogP contribution in [0.4, 0.5) is 5.69 Å². The summed E-state index contributed by atoms with van der Waals surface area (Å²) in [6.07, 6.45) is 0.905. The topological polar surface area (TPSA) is 86.8 Å². The van der Waals surface area contributed by atoms with Crippen LogP contribution < -0.4 is 9.62 Å². The molecule has 0 aliphatic carbocycles. The van der Waals surface area contributed by atoms with Gasteiger partial charge in [-0.2, -0.15) is 0 Å². The van der Waals surface area contributed by atoms with E-state index >= 15 is 0 Å². The minimum Gasteiger partial charge on any atom is -0.352 e. The van der Waals surface area contributed by atoms with Gasteiger partial charge in [-0.05, 0) is 60.9 Å². The van der Waals surface area contributed by atoms with Crippen LogP contribution in [0, 0.1) is 0 Å². The van der Waals surface area contributed by atoms with Gasteiger partial charge in [0, 0.05) is 29.1 Å². The molecule has 44 heavy (non-hydrogen) atoms. The van der Waals surface area contributed by atoms with Crippen molar-refractivity contribution in [1.82, 2.24) is 10.2 Å². The lowest BCUT2D eigenvalue weighted by Crippen LogP contribution is -2.54. The number of hydrogen-bond donors (Lipinski definition) is 1. The number of nitrogens with one attached hydrogen (secondary N) is 1. The van der Waals surface area contributed by atoms with Crippen LogP contribution in [-0.2, 0) is 32.6 Å². The molecule has 230 valence electrons. The molecule has 0 heterocycles. The first-order chi connectivity index (χ1) is 21.1. The maximum absolute atomic E-state index is 14.5. The van der Waals surface area contributed by atoms with Crippen LogP contribution in [0.3, 0.4) is 0 Å². The fourth-order valence-corrected chi connectivity index (χ4v) is 6.49. The number of anilines is 1. The summed E-state index contributed by atoms with van der Waals surface area (Å²) in [6.45, 7) is 3.26. The fourth-order valence-electron chi connectivity index (χ4n) is 4.68. The standard InChI is InChI=1S/C34H35Cl2N3O4S/c1-3-25(2)37-34(41)32(21-26-13-6-4-7-14-26)38(23-27-15-10-11-20-31(27)36)33(40)24-39(29-17-12-16-28(35)22-29)44(42,43)30-18-8-5-9-19-30/h4-20,22,25,32H,3,21,23-24H2,1-2H3,(H,37,41)/t25-,32+/m0/s1. The lowest BCUT2D eigenvalue weighted by Gasteiger charge is -2.34. The molecule has 0 aliphatic rings. The molecule has 0 radical (unpaired) electrons. The molecule has 0 fully saturated rings. The van der Waals surface area contributed by atoms with Gasteiger partial charge < -0.3 is 10.2 Å². The predicted molar refractivity (Wildman–Crippen MR) is 176 cm³/mol. The molecule has 4 rings (SSSR count). The van der Waals surface area contributed by atoms with Crippen LogP contribution in [0.5, 0.6) is 0 Å². The van der Waals surface area contributed by atoms with Crippen molar-refractivity contribution in [2.24, 2.45) is 0 Å². The van der Waals surface area contributed by atoms with Gasteiger partial charge in [0.15, 0.2) is 0 Å². The van der Waals surface area contributed by atoms with Crippen molar-refractivity contribution in [3.8, 4) is 0 Å². The smallest absolute Gasteiger partial charge is 0.264 e. The molecule has 10 heteroatoms. The Labute approximate surface area is 269 Å². The molecule has 4 aromatic carbocycles. The molecular weight excluding hydrogens is 617 g/mol. The second-order valence-corrected chi connectivity index (χ2v) is 13.1. The zero-order valence-electron chi connectivity index (χ0n) is 24.6. The van der Waals surface area contributed by atoms with E-state index in [-0.39, 0.29) is 35.5 Å². The molecular formula is C34H35Cl2N3O4S. The second kappa shape index (κ2) is 15.2. The van der Waals surface area contributed by atoms with Gasteiger partial charge in [-0.25, -0.2) is 8.42 Å². The van der Waals surface area contributed by atoms with Crippen LogP contribution in [0.15, 0.2) is 114 Å². The van der Waals surface area contributed by atoms with E-state index in [2.05, 4.69) is 5.32 Å². The maximum atomic E-state index is 14.5. The molecule has 0 bridgehead atoms. The van der Waals surface area contributed by atoms with Crippen LogP contribution in [-0.4, -0.2) is 43.8 Å². The Morgan fingerprint density at radius 1 is 0.841 bits per heavy atom. The molecule has 1 N–H and O–H groups in total. The fraction of sp³-hybridized carbons (Fsp3) is 0.235. The maximum Gasteiger partial charge on any atom is 0.264 e. The molecule has 0 aromatic heterocycles. The summed E-state index contributed by atoms with van der Waals surface area (Å²) in [5.74, 6) is -0.923. The highest BCUT2D eigenvalue weighted by Gasteiger charge is 2.35. The molecule has 4 aromatic rings. The second-order valence-electron chi connectivity index (χ2n) is 10.4. The minimum atomic E-state index is -4.21. The molecule has 2 amide bonds. The highest BCUT2D eigenvalue weighted by atomic mass is 35.5. The average Bonchev–Trinajstić information content (AvgIpc) is 3.03. The van der Waals surface area contributed by atoms with Crippen LogP contribution in [0.1, 0.15) is 31.4 Å². The van der Waals surface area contributed by atoms with E-state index in [0.29, 0.717) is 22.0 Å². The van der Waals surface area contributed by atoms with E-state index in [1.807, 2.05) is 44.2 Å². The first-order valence-electron chi connectivity index (χ1n) is 14.3. The third-order valence-corrected chi connectivity index (χ3v) is 9.67. The Bertz CT molecular complexity index is 1670. The number of carbonyl (C=O) groups is 2. The van der Waals surface area contributed by atoms with Crippen molar-refractivity contribution in [3.05, 3.63) is 130 Å². The zero-order valence-corrected chi connectivity index (χ0v) is 26.9. The summed E-state index contributed by atoms with van der Waals surface area (Å²) in [5.41, 5.74) is 1.69. The number of hydrogen-bond acceptors (Lipinski definition) is 4. The lowest BCUT2D eigenvalue weighted by molar-refractivity contribution is -0.140. The van der Waals surface area contributed by atoms with Crippen LogP contribution >= 0.6 is 23.2 Å². The van der Waals surface area contributed by atoms with Gasteiger partial charge in [-0.1, -0.05) is 103 Å². The number of nitrogens with zero attached hydrogens (tertiary/aromatic N) is 2. The number of benzene rings is 4. The minimum absolute atomic E-state index is 0.0146. The molecule has 0 saturated carbocycles. The highest BCUT2D eigenvalue weighted by molar-refractivity contribution is 7.92. The molecule has 0 unspecified atom stereocenters. The third-order valence-electron chi connectivity index (χ3n) is 7.28. The van der Waals surface area contributed by atoms with Crippen molar-refractivity contribution < 1.29 is 18.0 Å². The lowest BCUT2D eigenvalue weighted by atomic mass is 10.0. The summed E-state index contributed by atoms with van der Waals surface area (Å²) < 4.78 is 29.0. The van der Waals surface area contributed by atoms with Gasteiger partial charge in [0.05, 0.1) is 10.6 Å². The first kappa shape index (κ1) is 33.1. The molecule has 7 nitrogen and oxygen atoms in total. The Morgan fingerprint density at radius 2 is 1.48 bits per heavy atom. The number of amides is 2. The van der Waals surface area contributed by atoms with E-state index in [0.717, 1.165) is 9.87 Å². The highest BCUT2D eigenvalue weighted by Crippen LogP contribution is 2.28. The Hall–Kier alpha value is -3.85.